The van der Waals surface area contributed by atoms with Crippen molar-refractivity contribution in [1.29, 1.82) is 0 Å². The number of hydrogen-bond acceptors (Lipinski definition) is 5. The molecule has 0 atom stereocenters. The van der Waals surface area contributed by atoms with Crippen molar-refractivity contribution in [3.63, 3.8) is 0 Å². The lowest BCUT2D eigenvalue weighted by atomic mass is 10.2. The van der Waals surface area contributed by atoms with Gasteiger partial charge in [0.25, 0.3) is 5.91 Å². The van der Waals surface area contributed by atoms with Gasteiger partial charge in [-0.2, -0.15) is 0 Å². The third-order valence-electron chi connectivity index (χ3n) is 3.60. The zero-order chi connectivity index (χ0) is 18.9. The average Bonchev–Trinajstić information content (AvgIpc) is 3.14. The van der Waals surface area contributed by atoms with Crippen LogP contribution in [0.3, 0.4) is 0 Å². The van der Waals surface area contributed by atoms with E-state index in [1.807, 2.05) is 13.8 Å². The summed E-state index contributed by atoms with van der Waals surface area (Å²) < 4.78 is 16.2. The maximum Gasteiger partial charge on any atom is 0.251 e. The third kappa shape index (κ3) is 5.27. The van der Waals surface area contributed by atoms with Crippen molar-refractivity contribution >= 4 is 11.8 Å². The van der Waals surface area contributed by atoms with Crippen molar-refractivity contribution < 1.29 is 23.5 Å². The number of hydrogen-bond donors (Lipinski definition) is 1. The van der Waals surface area contributed by atoms with Gasteiger partial charge in [-0.1, -0.05) is 0 Å². The molecule has 0 spiro atoms. The first kappa shape index (κ1) is 19.4. The molecule has 2 amide bonds. The highest BCUT2D eigenvalue weighted by molar-refractivity contribution is 5.97. The van der Waals surface area contributed by atoms with Crippen LogP contribution in [0.2, 0.25) is 0 Å². The summed E-state index contributed by atoms with van der Waals surface area (Å²) in [6, 6.07) is 8.49. The van der Waals surface area contributed by atoms with E-state index in [0.717, 1.165) is 0 Å². The topological polar surface area (TPSA) is 81.0 Å². The summed E-state index contributed by atoms with van der Waals surface area (Å²) in [6.45, 7) is 4.94. The van der Waals surface area contributed by atoms with Crippen molar-refractivity contribution in [2.75, 3.05) is 26.8 Å². The molecule has 0 fully saturated rings. The predicted octanol–water partition coefficient (Wildman–Crippen LogP) is 2.47. The Labute approximate surface area is 152 Å². The van der Waals surface area contributed by atoms with Crippen LogP contribution in [0, 0.1) is 0 Å². The Hall–Kier alpha value is -2.96. The summed E-state index contributed by atoms with van der Waals surface area (Å²) in [5, 5.41) is 2.62. The molecule has 0 saturated heterocycles. The summed E-state index contributed by atoms with van der Waals surface area (Å²) in [5.41, 5.74) is 0.401. The summed E-state index contributed by atoms with van der Waals surface area (Å²) in [7, 11) is 1.65. The fourth-order valence-electron chi connectivity index (χ4n) is 2.31. The second-order valence-electron chi connectivity index (χ2n) is 5.54. The minimum absolute atomic E-state index is 0.104. The van der Waals surface area contributed by atoms with Gasteiger partial charge in [0.2, 0.25) is 5.91 Å². The van der Waals surface area contributed by atoms with Crippen LogP contribution in [0.1, 0.15) is 30.0 Å². The van der Waals surface area contributed by atoms with Crippen LogP contribution in [0.15, 0.2) is 41.0 Å². The number of likely N-dealkylation sites (N-methyl/N-ethyl adjacent to an activating group) is 1. The van der Waals surface area contributed by atoms with E-state index in [-0.39, 0.29) is 18.4 Å². The Morgan fingerprint density at radius 3 is 2.50 bits per heavy atom. The van der Waals surface area contributed by atoms with Gasteiger partial charge in [0.05, 0.1) is 32.6 Å². The molecule has 1 heterocycles. The van der Waals surface area contributed by atoms with Gasteiger partial charge in [0, 0.05) is 12.6 Å². The number of carbonyl (C=O) groups is 2. The maximum absolute atomic E-state index is 12.3. The molecule has 7 heteroatoms. The second-order valence-corrected chi connectivity index (χ2v) is 5.54. The first-order chi connectivity index (χ1) is 12.5. The van der Waals surface area contributed by atoms with Gasteiger partial charge in [-0.3, -0.25) is 9.59 Å². The van der Waals surface area contributed by atoms with Crippen LogP contribution in [0.5, 0.6) is 11.5 Å². The highest BCUT2D eigenvalue weighted by Crippen LogP contribution is 2.28. The van der Waals surface area contributed by atoms with Gasteiger partial charge in [-0.05, 0) is 44.2 Å². The summed E-state index contributed by atoms with van der Waals surface area (Å²) in [6.07, 6.45) is 1.55. The van der Waals surface area contributed by atoms with Crippen molar-refractivity contribution in [1.82, 2.24) is 10.2 Å². The number of furan rings is 1. The minimum Gasteiger partial charge on any atom is -0.490 e. The third-order valence-corrected chi connectivity index (χ3v) is 3.60. The fourth-order valence-corrected chi connectivity index (χ4v) is 2.31. The SMILES string of the molecule is CCOc1ccc(C(=O)NCC(=O)N(C)Cc2ccco2)cc1OCC. The lowest BCUT2D eigenvalue weighted by molar-refractivity contribution is -0.129. The number of nitrogens with zero attached hydrogens (tertiary/aromatic N) is 1. The molecular formula is C19H24N2O5. The van der Waals surface area contributed by atoms with Crippen LogP contribution in [0.25, 0.3) is 0 Å². The highest BCUT2D eigenvalue weighted by Gasteiger charge is 2.15. The van der Waals surface area contributed by atoms with Crippen LogP contribution < -0.4 is 14.8 Å². The molecule has 1 aromatic heterocycles. The molecular weight excluding hydrogens is 336 g/mol. The predicted molar refractivity (Wildman–Crippen MR) is 96.3 cm³/mol. The first-order valence-corrected chi connectivity index (χ1v) is 8.49. The Morgan fingerprint density at radius 1 is 1.12 bits per heavy atom. The van der Waals surface area contributed by atoms with E-state index < -0.39 is 0 Å². The molecule has 0 aliphatic heterocycles. The number of nitrogens with one attached hydrogen (secondary N) is 1. The van der Waals surface area contributed by atoms with Gasteiger partial charge in [-0.15, -0.1) is 0 Å². The Balaban J connectivity index is 1.94. The zero-order valence-electron chi connectivity index (χ0n) is 15.3. The normalized spacial score (nSPS) is 10.3. The lowest BCUT2D eigenvalue weighted by Gasteiger charge is -2.16. The van der Waals surface area contributed by atoms with Crippen molar-refractivity contribution in [3.05, 3.63) is 47.9 Å². The molecule has 140 valence electrons. The number of benzene rings is 1. The zero-order valence-corrected chi connectivity index (χ0v) is 15.3. The standard InChI is InChI=1S/C19H24N2O5/c1-4-24-16-9-8-14(11-17(16)25-5-2)19(23)20-12-18(22)21(3)13-15-7-6-10-26-15/h6-11H,4-5,12-13H2,1-3H3,(H,20,23). The second kappa shape index (κ2) is 9.50. The monoisotopic (exact) mass is 360 g/mol. The highest BCUT2D eigenvalue weighted by atomic mass is 16.5. The van der Waals surface area contributed by atoms with E-state index in [9.17, 15) is 9.59 Å². The van der Waals surface area contributed by atoms with Crippen LogP contribution in [-0.2, 0) is 11.3 Å². The van der Waals surface area contributed by atoms with Gasteiger partial charge < -0.3 is 24.1 Å². The number of amides is 2. The quantitative estimate of drug-likeness (QED) is 0.743. The van der Waals surface area contributed by atoms with Gasteiger partial charge in [-0.25, -0.2) is 0 Å². The summed E-state index contributed by atoms with van der Waals surface area (Å²) in [4.78, 5) is 25.9. The van der Waals surface area contributed by atoms with E-state index in [2.05, 4.69) is 5.32 Å². The summed E-state index contributed by atoms with van der Waals surface area (Å²) >= 11 is 0. The molecule has 0 aliphatic rings. The Morgan fingerprint density at radius 2 is 1.85 bits per heavy atom. The first-order valence-electron chi connectivity index (χ1n) is 8.49. The summed E-state index contributed by atoms with van der Waals surface area (Å²) in [5.74, 6) is 1.20. The van der Waals surface area contributed by atoms with Crippen LogP contribution in [0.4, 0.5) is 0 Å². The van der Waals surface area contributed by atoms with E-state index in [0.29, 0.717) is 42.6 Å². The van der Waals surface area contributed by atoms with E-state index in [1.54, 1.807) is 43.6 Å². The molecule has 1 aromatic carbocycles. The van der Waals surface area contributed by atoms with Crippen molar-refractivity contribution in [2.45, 2.75) is 20.4 Å². The Kier molecular flexibility index (Phi) is 7.08. The fraction of sp³-hybridized carbons (Fsp3) is 0.368. The molecule has 0 bridgehead atoms. The van der Waals surface area contributed by atoms with Crippen LogP contribution in [-0.4, -0.2) is 43.5 Å². The van der Waals surface area contributed by atoms with Crippen molar-refractivity contribution in [3.8, 4) is 11.5 Å². The van der Waals surface area contributed by atoms with E-state index in [4.69, 9.17) is 13.9 Å². The molecule has 0 aliphatic carbocycles. The minimum atomic E-state index is -0.353. The van der Waals surface area contributed by atoms with E-state index >= 15 is 0 Å². The molecule has 2 aromatic rings. The lowest BCUT2D eigenvalue weighted by Crippen LogP contribution is -2.37. The average molecular weight is 360 g/mol. The maximum atomic E-state index is 12.3. The van der Waals surface area contributed by atoms with Gasteiger partial charge in [0.15, 0.2) is 11.5 Å². The van der Waals surface area contributed by atoms with Crippen LogP contribution >= 0.6 is 0 Å². The van der Waals surface area contributed by atoms with Gasteiger partial charge >= 0.3 is 0 Å². The largest absolute Gasteiger partial charge is 0.490 e. The molecule has 0 radical (unpaired) electrons. The molecule has 7 nitrogen and oxygen atoms in total. The Bertz CT molecular complexity index is 728. The molecule has 26 heavy (non-hydrogen) atoms. The van der Waals surface area contributed by atoms with E-state index in [1.165, 1.54) is 4.90 Å². The number of carbonyl (C=O) groups excluding carboxylic acids is 2. The number of rotatable bonds is 9. The molecule has 0 saturated carbocycles. The van der Waals surface area contributed by atoms with Crippen molar-refractivity contribution in [2.24, 2.45) is 0 Å². The smallest absolute Gasteiger partial charge is 0.251 e. The number of ether oxygens (including phenoxy) is 2. The van der Waals surface area contributed by atoms with Gasteiger partial charge in [0.1, 0.15) is 5.76 Å². The molecule has 2 rings (SSSR count). The molecule has 0 unspecified atom stereocenters. The molecule has 1 N–H and O–H groups in total.